The van der Waals surface area contributed by atoms with E-state index in [9.17, 15) is 29.1 Å². The van der Waals surface area contributed by atoms with Crippen molar-refractivity contribution in [2.75, 3.05) is 0 Å². The minimum atomic E-state index is -0.722. The average Bonchev–Trinajstić information content (AvgIpc) is 4.14. The third-order valence-electron chi connectivity index (χ3n) is 19.9. The fraction of sp³-hybridized carbons (Fsp3) is 0.909. The highest BCUT2D eigenvalue weighted by Crippen LogP contribution is 2.71. The molecule has 67 heavy (non-hydrogen) atoms. The second-order valence-electron chi connectivity index (χ2n) is 25.9. The summed E-state index contributed by atoms with van der Waals surface area (Å²) in [6.45, 7) is 25.3. The van der Waals surface area contributed by atoms with Crippen molar-refractivity contribution < 1.29 is 57.9 Å². The molecule has 0 amide bonds. The van der Waals surface area contributed by atoms with Crippen LogP contribution in [0.3, 0.4) is 0 Å². The molecule has 14 unspecified atom stereocenters. The third-order valence-corrected chi connectivity index (χ3v) is 19.9. The molecule has 0 aromatic heterocycles. The molecule has 3 heterocycles. The minimum absolute atomic E-state index is 0.0455. The van der Waals surface area contributed by atoms with Gasteiger partial charge in [0.25, 0.3) is 0 Å². The van der Waals surface area contributed by atoms with Crippen molar-refractivity contribution in [3.8, 4) is 0 Å². The number of hydrogen-bond acceptors (Lipinski definition) is 11. The van der Waals surface area contributed by atoms with Gasteiger partial charge in [-0.25, -0.2) is 0 Å². The lowest BCUT2D eigenvalue weighted by Gasteiger charge is -2.59. The molecule has 0 aromatic carbocycles. The van der Waals surface area contributed by atoms with Gasteiger partial charge in [0.15, 0.2) is 12.2 Å². The van der Waals surface area contributed by atoms with Gasteiger partial charge < -0.3 is 33.9 Å². The van der Waals surface area contributed by atoms with Crippen molar-refractivity contribution in [1.29, 1.82) is 0 Å². The van der Waals surface area contributed by atoms with Gasteiger partial charge in [-0.1, -0.05) is 34.6 Å². The molecule has 2 N–H and O–H groups in total. The number of aliphatic hydroxyl groups is 1. The normalized spacial score (nSPS) is 41.0. The lowest BCUT2D eigenvalue weighted by molar-refractivity contribution is -0.225. The number of carbonyl (C=O) groups excluding carboxylic acids is 4. The molecule has 11 aliphatic rings. The molecule has 12 heteroatoms. The first-order valence-corrected chi connectivity index (χ1v) is 26.6. The summed E-state index contributed by atoms with van der Waals surface area (Å²) in [5.41, 5.74) is -2.84. The molecule has 3 saturated heterocycles. The molecule has 8 saturated carbocycles. The van der Waals surface area contributed by atoms with Crippen LogP contribution < -0.4 is 0 Å². The number of ether oxygens (including phenoxy) is 5. The zero-order chi connectivity index (χ0) is 49.4. The predicted octanol–water partition coefficient (Wildman–Crippen LogP) is 10.4. The molecule has 0 spiro atoms. The van der Waals surface area contributed by atoms with Crippen LogP contribution in [0.25, 0.3) is 0 Å². The summed E-state index contributed by atoms with van der Waals surface area (Å²) in [6, 6.07) is 0. The number of esters is 4. The van der Waals surface area contributed by atoms with Crippen molar-refractivity contribution in [3.63, 3.8) is 0 Å². The van der Waals surface area contributed by atoms with E-state index >= 15 is 0 Å². The Balaban J connectivity index is 0.000000139. The van der Waals surface area contributed by atoms with Crippen LogP contribution in [0.5, 0.6) is 0 Å². The summed E-state index contributed by atoms with van der Waals surface area (Å²) in [6.07, 6.45) is 16.1. The number of carboxylic acid groups (broad SMARTS) is 1. The van der Waals surface area contributed by atoms with E-state index in [1.54, 1.807) is 13.8 Å². The van der Waals surface area contributed by atoms with E-state index in [2.05, 4.69) is 13.8 Å². The van der Waals surface area contributed by atoms with Crippen LogP contribution in [-0.2, 0) is 47.7 Å². The molecule has 10 bridgehead atoms. The van der Waals surface area contributed by atoms with Gasteiger partial charge in [0.1, 0.15) is 17.3 Å². The van der Waals surface area contributed by atoms with Crippen LogP contribution in [0.1, 0.15) is 199 Å². The Bertz CT molecular complexity index is 1870. The van der Waals surface area contributed by atoms with Crippen molar-refractivity contribution in [3.05, 3.63) is 0 Å². The second-order valence-corrected chi connectivity index (χ2v) is 25.9. The zero-order valence-electron chi connectivity index (χ0n) is 43.5. The Morgan fingerprint density at radius 2 is 1.18 bits per heavy atom. The molecule has 3 aliphatic heterocycles. The fourth-order valence-electron chi connectivity index (χ4n) is 14.5. The van der Waals surface area contributed by atoms with Crippen LogP contribution in [0.2, 0.25) is 0 Å². The maximum Gasteiger partial charge on any atom is 0.312 e. The topological polar surface area (TPSA) is 172 Å². The van der Waals surface area contributed by atoms with Gasteiger partial charge in [-0.15, -0.1) is 0 Å². The lowest BCUT2D eigenvalue weighted by atomic mass is 9.52. The fourth-order valence-corrected chi connectivity index (χ4v) is 14.5. The van der Waals surface area contributed by atoms with Crippen molar-refractivity contribution in [2.45, 2.75) is 240 Å². The molecule has 14 atom stereocenters. The van der Waals surface area contributed by atoms with Crippen LogP contribution >= 0.6 is 0 Å². The summed E-state index contributed by atoms with van der Waals surface area (Å²) in [5.74, 6) is 5.12. The predicted molar refractivity (Wildman–Crippen MR) is 252 cm³/mol. The highest BCUT2D eigenvalue weighted by atomic mass is 16.7. The summed E-state index contributed by atoms with van der Waals surface area (Å²) < 4.78 is 28.7. The van der Waals surface area contributed by atoms with E-state index in [1.807, 2.05) is 62.3 Å². The second kappa shape index (κ2) is 18.5. The molecular weight excluding hydrogens is 853 g/mol. The van der Waals surface area contributed by atoms with Gasteiger partial charge in [0.05, 0.1) is 39.3 Å². The summed E-state index contributed by atoms with van der Waals surface area (Å²) >= 11 is 0. The number of rotatable bonds is 12. The molecule has 11 rings (SSSR count). The van der Waals surface area contributed by atoms with Gasteiger partial charge in [-0.05, 0) is 200 Å². The quantitative estimate of drug-likeness (QED) is 0.108. The van der Waals surface area contributed by atoms with Crippen molar-refractivity contribution in [1.82, 2.24) is 0 Å². The van der Waals surface area contributed by atoms with Gasteiger partial charge in [0, 0.05) is 12.3 Å². The number of carboxylic acids is 1. The van der Waals surface area contributed by atoms with Gasteiger partial charge >= 0.3 is 29.8 Å². The molecule has 0 radical (unpaired) electrons. The lowest BCUT2D eigenvalue weighted by Crippen LogP contribution is -2.61. The van der Waals surface area contributed by atoms with Crippen LogP contribution in [-0.4, -0.2) is 81.3 Å². The monoisotopic (exact) mass is 941 g/mol. The summed E-state index contributed by atoms with van der Waals surface area (Å²) in [5, 5.41) is 19.1. The standard InChI is InChI=1S/C20H32O2.C16H26O3.C13H18O5.C6H12O2/c1-5-19(3,4)18(21)22-20(6-2)11-14-10-15(20)17-13-8-7-12(9-13)16(14)17;1-4-14(2,3)13(17)19-16-8-11-5-12(9-16)7-15(18,6-11)10-16;1-4-13(2,3)12(15)18-9-7-5-6-8(16-7)10(9)17-11(6)14;1-4-6(2,3)5(7)8/h12-17H,5-11H2,1-4H3;11-12,18H,4-10H2,1-3H3;6-10H,4-5H2,1-3H3;4H2,1-3H3,(H,7,8). The SMILES string of the molecule is CCC(C)(C)C(=O)O.CCC(C)(C)C(=O)OC1(CC)CC2CC1C1C3CCC(C3)C21.CCC(C)(C)C(=O)OC12CC3CC(CC(O)(C3)C1)C2.CCC(C)(C)C(=O)OC1C2CC3C(=O)OC1C3O2. The van der Waals surface area contributed by atoms with E-state index < -0.39 is 40.0 Å². The van der Waals surface area contributed by atoms with Crippen LogP contribution in [0.4, 0.5) is 0 Å². The Morgan fingerprint density at radius 1 is 0.642 bits per heavy atom. The number of fused-ring (bicyclic) bond motifs is 10. The third kappa shape index (κ3) is 9.73. The first kappa shape index (κ1) is 52.1. The molecule has 8 aliphatic carbocycles. The Hall–Kier alpha value is -2.73. The Labute approximate surface area is 401 Å². The molecule has 380 valence electrons. The van der Waals surface area contributed by atoms with E-state index in [0.717, 1.165) is 81.0 Å². The molecule has 12 nitrogen and oxygen atoms in total. The summed E-state index contributed by atoms with van der Waals surface area (Å²) in [4.78, 5) is 59.0. The first-order chi connectivity index (χ1) is 31.1. The van der Waals surface area contributed by atoms with E-state index in [4.69, 9.17) is 28.8 Å². The largest absolute Gasteiger partial charge is 0.481 e. The van der Waals surface area contributed by atoms with Crippen LogP contribution in [0.15, 0.2) is 0 Å². The molecule has 0 aromatic rings. The van der Waals surface area contributed by atoms with E-state index in [1.165, 1.54) is 32.1 Å². The maximum absolute atomic E-state index is 12.7. The van der Waals surface area contributed by atoms with E-state index in [0.29, 0.717) is 43.4 Å². The molecule has 11 fully saturated rings. The number of carbonyl (C=O) groups is 5. The first-order valence-electron chi connectivity index (χ1n) is 26.6. The molecular formula is C55H88O12. The highest BCUT2D eigenvalue weighted by Gasteiger charge is 2.68. The van der Waals surface area contributed by atoms with Gasteiger partial charge in [-0.2, -0.15) is 0 Å². The Morgan fingerprint density at radius 3 is 1.69 bits per heavy atom. The summed E-state index contributed by atoms with van der Waals surface area (Å²) in [7, 11) is 0. The average molecular weight is 941 g/mol. The van der Waals surface area contributed by atoms with E-state index in [-0.39, 0.29) is 58.6 Å². The number of aliphatic carboxylic acids is 1. The van der Waals surface area contributed by atoms with Crippen molar-refractivity contribution in [2.24, 2.45) is 74.9 Å². The van der Waals surface area contributed by atoms with Crippen molar-refractivity contribution >= 4 is 29.8 Å². The number of hydrogen-bond donors (Lipinski definition) is 2. The van der Waals surface area contributed by atoms with Gasteiger partial charge in [-0.3, -0.25) is 24.0 Å². The van der Waals surface area contributed by atoms with Crippen LogP contribution in [0, 0.1) is 74.9 Å². The smallest absolute Gasteiger partial charge is 0.312 e. The maximum atomic E-state index is 12.7. The minimum Gasteiger partial charge on any atom is -0.481 e. The highest BCUT2D eigenvalue weighted by molar-refractivity contribution is 5.79. The zero-order valence-corrected chi connectivity index (χ0v) is 43.5. The van der Waals surface area contributed by atoms with Gasteiger partial charge in [0.2, 0.25) is 0 Å². The Kier molecular flexibility index (Phi) is 14.4.